The molecule has 2 aliphatic heterocycles. The highest BCUT2D eigenvalue weighted by Gasteiger charge is 2.39. The van der Waals surface area contributed by atoms with Crippen LogP contribution in [0.4, 0.5) is 0 Å². The first-order valence-electron chi connectivity index (χ1n) is 6.30. The highest BCUT2D eigenvalue weighted by atomic mass is 35.5. The number of pyridine rings is 1. The minimum Gasteiger partial charge on any atom is -0.374 e. The molecule has 5 heteroatoms. The molecule has 1 N–H and O–H groups in total. The van der Waals surface area contributed by atoms with Gasteiger partial charge in [0.1, 0.15) is 6.10 Å². The SMILES string of the molecule is Cl.c1ccc(CO[C@H]2CN[C@@H]3CCCO[C@H]23)nc1. The quantitative estimate of drug-likeness (QED) is 0.905. The normalized spacial score (nSPS) is 30.6. The van der Waals surface area contributed by atoms with Crippen LogP contribution in [-0.2, 0) is 16.1 Å². The van der Waals surface area contributed by atoms with Crippen molar-refractivity contribution in [2.45, 2.75) is 37.7 Å². The van der Waals surface area contributed by atoms with Crippen molar-refractivity contribution in [2.75, 3.05) is 13.2 Å². The summed E-state index contributed by atoms with van der Waals surface area (Å²) in [5.74, 6) is 0. The van der Waals surface area contributed by atoms with E-state index in [-0.39, 0.29) is 24.6 Å². The fraction of sp³-hybridized carbons (Fsp3) is 0.615. The highest BCUT2D eigenvalue weighted by Crippen LogP contribution is 2.24. The Morgan fingerprint density at radius 3 is 3.22 bits per heavy atom. The minimum atomic E-state index is 0. The number of hydrogen-bond acceptors (Lipinski definition) is 4. The molecule has 18 heavy (non-hydrogen) atoms. The number of hydrogen-bond donors (Lipinski definition) is 1. The van der Waals surface area contributed by atoms with Crippen LogP contribution in [0.3, 0.4) is 0 Å². The van der Waals surface area contributed by atoms with Crippen molar-refractivity contribution < 1.29 is 9.47 Å². The van der Waals surface area contributed by atoms with E-state index in [0.29, 0.717) is 12.6 Å². The fourth-order valence-corrected chi connectivity index (χ4v) is 2.60. The molecular formula is C13H19ClN2O2. The number of halogens is 1. The number of aromatic nitrogens is 1. The summed E-state index contributed by atoms with van der Waals surface area (Å²) in [6, 6.07) is 6.37. The average Bonchev–Trinajstić information content (AvgIpc) is 2.81. The smallest absolute Gasteiger partial charge is 0.100 e. The predicted molar refractivity (Wildman–Crippen MR) is 70.8 cm³/mol. The van der Waals surface area contributed by atoms with Gasteiger partial charge in [0.05, 0.1) is 18.4 Å². The lowest BCUT2D eigenvalue weighted by molar-refractivity contribution is -0.0794. The van der Waals surface area contributed by atoms with E-state index in [9.17, 15) is 0 Å². The second-order valence-electron chi connectivity index (χ2n) is 4.66. The first-order chi connectivity index (χ1) is 8.43. The second-order valence-corrected chi connectivity index (χ2v) is 4.66. The predicted octanol–water partition coefficient (Wildman–Crippen LogP) is 1.54. The van der Waals surface area contributed by atoms with Gasteiger partial charge >= 0.3 is 0 Å². The minimum absolute atomic E-state index is 0. The summed E-state index contributed by atoms with van der Waals surface area (Å²) in [6.45, 7) is 2.33. The summed E-state index contributed by atoms with van der Waals surface area (Å²) in [6.07, 6.45) is 4.55. The van der Waals surface area contributed by atoms with Gasteiger partial charge in [-0.25, -0.2) is 0 Å². The molecule has 0 saturated carbocycles. The number of nitrogens with zero attached hydrogens (tertiary/aromatic N) is 1. The van der Waals surface area contributed by atoms with Gasteiger partial charge in [-0.15, -0.1) is 12.4 Å². The molecule has 2 aliphatic rings. The average molecular weight is 271 g/mol. The lowest BCUT2D eigenvalue weighted by Gasteiger charge is -2.28. The molecular weight excluding hydrogens is 252 g/mol. The zero-order valence-corrected chi connectivity index (χ0v) is 11.1. The topological polar surface area (TPSA) is 43.4 Å². The van der Waals surface area contributed by atoms with Crippen LogP contribution in [0.25, 0.3) is 0 Å². The van der Waals surface area contributed by atoms with Crippen molar-refractivity contribution in [3.05, 3.63) is 30.1 Å². The lowest BCUT2D eigenvalue weighted by atomic mass is 10.0. The van der Waals surface area contributed by atoms with Crippen LogP contribution >= 0.6 is 12.4 Å². The molecule has 1 aromatic heterocycles. The Bertz CT molecular complexity index is 363. The van der Waals surface area contributed by atoms with Crippen molar-refractivity contribution in [3.63, 3.8) is 0 Å². The Balaban J connectivity index is 0.00000120. The number of fused-ring (bicyclic) bond motifs is 1. The van der Waals surface area contributed by atoms with E-state index >= 15 is 0 Å². The summed E-state index contributed by atoms with van der Waals surface area (Å²) in [5, 5.41) is 3.47. The summed E-state index contributed by atoms with van der Waals surface area (Å²) in [4.78, 5) is 4.26. The molecule has 0 amide bonds. The van der Waals surface area contributed by atoms with Crippen molar-refractivity contribution in [1.29, 1.82) is 0 Å². The van der Waals surface area contributed by atoms with Gasteiger partial charge in [-0.05, 0) is 25.0 Å². The lowest BCUT2D eigenvalue weighted by Crippen LogP contribution is -2.40. The van der Waals surface area contributed by atoms with Gasteiger partial charge in [0, 0.05) is 25.4 Å². The molecule has 0 spiro atoms. The Labute approximate surface area is 113 Å². The maximum absolute atomic E-state index is 5.91. The summed E-state index contributed by atoms with van der Waals surface area (Å²) >= 11 is 0. The van der Waals surface area contributed by atoms with Crippen LogP contribution in [0.15, 0.2) is 24.4 Å². The molecule has 3 rings (SSSR count). The van der Waals surface area contributed by atoms with Gasteiger partial charge in [0.15, 0.2) is 0 Å². The van der Waals surface area contributed by atoms with Gasteiger partial charge in [-0.3, -0.25) is 4.98 Å². The Kier molecular flexibility index (Phi) is 4.95. The van der Waals surface area contributed by atoms with E-state index in [2.05, 4.69) is 10.3 Å². The molecule has 2 fully saturated rings. The van der Waals surface area contributed by atoms with Crippen molar-refractivity contribution in [3.8, 4) is 0 Å². The van der Waals surface area contributed by atoms with Gasteiger partial charge in [0.25, 0.3) is 0 Å². The highest BCUT2D eigenvalue weighted by molar-refractivity contribution is 5.85. The zero-order valence-electron chi connectivity index (χ0n) is 10.2. The van der Waals surface area contributed by atoms with E-state index in [1.165, 1.54) is 6.42 Å². The Morgan fingerprint density at radius 1 is 1.44 bits per heavy atom. The fourth-order valence-electron chi connectivity index (χ4n) is 2.60. The van der Waals surface area contributed by atoms with Gasteiger partial charge < -0.3 is 14.8 Å². The second kappa shape index (κ2) is 6.48. The number of ether oxygens (including phenoxy) is 2. The van der Waals surface area contributed by atoms with Gasteiger partial charge in [-0.1, -0.05) is 6.07 Å². The van der Waals surface area contributed by atoms with E-state index in [1.54, 1.807) is 6.20 Å². The van der Waals surface area contributed by atoms with Crippen molar-refractivity contribution in [2.24, 2.45) is 0 Å². The first kappa shape index (κ1) is 13.7. The molecule has 3 heterocycles. The van der Waals surface area contributed by atoms with Crippen molar-refractivity contribution >= 4 is 12.4 Å². The van der Waals surface area contributed by atoms with E-state index in [4.69, 9.17) is 9.47 Å². The van der Waals surface area contributed by atoms with Crippen molar-refractivity contribution in [1.82, 2.24) is 10.3 Å². The summed E-state index contributed by atoms with van der Waals surface area (Å²) < 4.78 is 11.7. The molecule has 1 aromatic rings. The number of nitrogens with one attached hydrogen (secondary N) is 1. The van der Waals surface area contributed by atoms with E-state index in [0.717, 1.165) is 25.3 Å². The third kappa shape index (κ3) is 3.01. The van der Waals surface area contributed by atoms with Gasteiger partial charge in [0.2, 0.25) is 0 Å². The third-order valence-electron chi connectivity index (χ3n) is 3.49. The maximum Gasteiger partial charge on any atom is 0.100 e. The molecule has 0 radical (unpaired) electrons. The maximum atomic E-state index is 5.91. The monoisotopic (exact) mass is 270 g/mol. The van der Waals surface area contributed by atoms with Crippen LogP contribution in [0.2, 0.25) is 0 Å². The standard InChI is InChI=1S/C13H18N2O2.ClH/c1-2-6-14-10(4-1)9-17-12-8-15-11-5-3-7-16-13(11)12;/h1-2,4,6,11-13,15H,3,5,7-9H2;1H/t11-,12+,13+;/m1./s1. The Morgan fingerprint density at radius 2 is 2.39 bits per heavy atom. The molecule has 100 valence electrons. The number of rotatable bonds is 3. The first-order valence-corrected chi connectivity index (χ1v) is 6.30. The van der Waals surface area contributed by atoms with Crippen LogP contribution in [0.1, 0.15) is 18.5 Å². The molecule has 0 aromatic carbocycles. The molecule has 2 saturated heterocycles. The third-order valence-corrected chi connectivity index (χ3v) is 3.49. The zero-order chi connectivity index (χ0) is 11.5. The largest absolute Gasteiger partial charge is 0.374 e. The molecule has 0 bridgehead atoms. The van der Waals surface area contributed by atoms with Crippen LogP contribution in [0.5, 0.6) is 0 Å². The van der Waals surface area contributed by atoms with E-state index < -0.39 is 0 Å². The summed E-state index contributed by atoms with van der Waals surface area (Å²) in [5.41, 5.74) is 0.978. The molecule has 0 unspecified atom stereocenters. The van der Waals surface area contributed by atoms with E-state index in [1.807, 2.05) is 18.2 Å². The van der Waals surface area contributed by atoms with Gasteiger partial charge in [-0.2, -0.15) is 0 Å². The molecule has 4 nitrogen and oxygen atoms in total. The van der Waals surface area contributed by atoms with Crippen LogP contribution < -0.4 is 5.32 Å². The summed E-state index contributed by atoms with van der Waals surface area (Å²) in [7, 11) is 0. The van der Waals surface area contributed by atoms with Crippen LogP contribution in [-0.4, -0.2) is 36.4 Å². The Hall–Kier alpha value is -0.680. The molecule has 3 atom stereocenters. The molecule has 0 aliphatic carbocycles. The van der Waals surface area contributed by atoms with Crippen LogP contribution in [0, 0.1) is 0 Å².